The molecule has 0 aromatic heterocycles. The number of halogens is 6. The molecule has 13 heteroatoms. The molecule has 0 unspecified atom stereocenters. The van der Waals surface area contributed by atoms with E-state index in [1.807, 2.05) is 0 Å². The predicted molar refractivity (Wildman–Crippen MR) is 131 cm³/mol. The fourth-order valence-electron chi connectivity index (χ4n) is 5.02. The molecule has 0 bridgehead atoms. The van der Waals surface area contributed by atoms with Crippen LogP contribution in [-0.2, 0) is 4.79 Å². The number of likely N-dealkylation sites (tertiary alicyclic amines) is 2. The maximum absolute atomic E-state index is 14.9. The third-order valence-electron chi connectivity index (χ3n) is 7.25. The van der Waals surface area contributed by atoms with E-state index in [1.54, 1.807) is 24.3 Å². The Morgan fingerprint density at radius 3 is 2.25 bits per heavy atom. The van der Waals surface area contributed by atoms with E-state index < -0.39 is 48.5 Å². The molecule has 2 aromatic rings. The second-order valence-corrected chi connectivity index (χ2v) is 10.1. The largest absolute Gasteiger partial charge is 0.493 e. The molecule has 4 rings (SSSR count). The van der Waals surface area contributed by atoms with Gasteiger partial charge in [-0.1, -0.05) is 24.3 Å². The average Bonchev–Trinajstić information content (AvgIpc) is 3.29. The monoisotopic (exact) mass is 574 g/mol. The summed E-state index contributed by atoms with van der Waals surface area (Å²) < 4.78 is 84.6. The van der Waals surface area contributed by atoms with Crippen molar-refractivity contribution in [3.8, 4) is 16.9 Å². The molecule has 218 valence electrons. The minimum absolute atomic E-state index is 0.0409. The lowest BCUT2D eigenvalue weighted by atomic mass is 9.97. The van der Waals surface area contributed by atoms with Crippen molar-refractivity contribution in [1.29, 1.82) is 0 Å². The van der Waals surface area contributed by atoms with E-state index in [-0.39, 0.29) is 49.7 Å². The highest BCUT2D eigenvalue weighted by molar-refractivity contribution is 6.03. The van der Waals surface area contributed by atoms with Gasteiger partial charge in [0.15, 0.2) is 0 Å². The normalized spacial score (nSPS) is 21.0. The highest BCUT2D eigenvalue weighted by atomic mass is 19.4. The van der Waals surface area contributed by atoms with Crippen molar-refractivity contribution >= 4 is 11.9 Å². The Morgan fingerprint density at radius 1 is 1.00 bits per heavy atom. The van der Waals surface area contributed by atoms with E-state index >= 15 is 0 Å². The fraction of sp³-hybridized carbons (Fsp3) is 0.481. The zero-order valence-corrected chi connectivity index (χ0v) is 21.2. The molecule has 0 radical (unpaired) electrons. The lowest BCUT2D eigenvalue weighted by Gasteiger charge is -2.34. The number of hydrogen-bond acceptors (Lipinski definition) is 5. The number of β-amino-alcohol motifs (C(OH)–C–C–N with tert-alkyl or cyclic N) is 1. The van der Waals surface area contributed by atoms with E-state index in [1.165, 1.54) is 12.1 Å². The zero-order chi connectivity index (χ0) is 29.2. The summed E-state index contributed by atoms with van der Waals surface area (Å²) in [5.74, 6) is -7.36. The highest BCUT2D eigenvalue weighted by Gasteiger charge is 2.58. The molecule has 0 saturated carbocycles. The number of rotatable bonds is 8. The van der Waals surface area contributed by atoms with E-state index in [0.717, 1.165) is 15.9 Å². The van der Waals surface area contributed by atoms with Gasteiger partial charge in [0.2, 0.25) is 0 Å². The first-order chi connectivity index (χ1) is 18.8. The Hall–Kier alpha value is -3.32. The predicted octanol–water partition coefficient (Wildman–Crippen LogP) is 4.44. The molecule has 2 aromatic carbocycles. The highest BCUT2D eigenvalue weighted by Crippen LogP contribution is 2.37. The van der Waals surface area contributed by atoms with Gasteiger partial charge in [0, 0.05) is 13.0 Å². The third kappa shape index (κ3) is 6.52. The van der Waals surface area contributed by atoms with Crippen LogP contribution in [-0.4, -0.2) is 88.9 Å². The fourth-order valence-corrected chi connectivity index (χ4v) is 5.02. The number of nitrogens with zero attached hydrogens (tertiary/aromatic N) is 2. The van der Waals surface area contributed by atoms with Crippen molar-refractivity contribution in [2.24, 2.45) is 5.92 Å². The maximum Gasteiger partial charge on any atom is 0.454 e. The van der Waals surface area contributed by atoms with Gasteiger partial charge >= 0.3 is 18.1 Å². The second kappa shape index (κ2) is 11.7. The summed E-state index contributed by atoms with van der Waals surface area (Å²) in [6.07, 6.45) is -6.00. The number of carboxylic acids is 1. The molecule has 1 amide bonds. The van der Waals surface area contributed by atoms with E-state index in [4.69, 9.17) is 4.74 Å². The van der Waals surface area contributed by atoms with Gasteiger partial charge in [0.25, 0.3) is 5.91 Å². The van der Waals surface area contributed by atoms with Crippen LogP contribution in [0.3, 0.4) is 0 Å². The number of aliphatic hydroxyl groups excluding tert-OH is 1. The summed E-state index contributed by atoms with van der Waals surface area (Å²) in [6.45, 7) is -1.20. The molecular weight excluding hydrogens is 546 g/mol. The van der Waals surface area contributed by atoms with Crippen molar-refractivity contribution in [2.75, 3.05) is 32.8 Å². The number of carbonyl (C=O) groups is 2. The molecular formula is C27H28F6N2O5. The minimum atomic E-state index is -5.59. The quantitative estimate of drug-likeness (QED) is 0.454. The van der Waals surface area contributed by atoms with E-state index in [2.05, 4.69) is 0 Å². The number of aliphatic hydroxyl groups is 1. The Kier molecular flexibility index (Phi) is 8.64. The maximum atomic E-state index is 14.9. The summed E-state index contributed by atoms with van der Waals surface area (Å²) in [5, 5.41) is 19.3. The number of carbonyl (C=O) groups excluding carboxylic acids is 1. The van der Waals surface area contributed by atoms with Gasteiger partial charge < -0.3 is 19.8 Å². The molecule has 0 aliphatic carbocycles. The van der Waals surface area contributed by atoms with Gasteiger partial charge in [-0.15, -0.1) is 0 Å². The number of ether oxygens (including phenoxy) is 1. The molecule has 2 N–H and O–H groups in total. The summed E-state index contributed by atoms with van der Waals surface area (Å²) in [4.78, 5) is 26.8. The van der Waals surface area contributed by atoms with Crippen LogP contribution in [0.4, 0.5) is 26.3 Å². The van der Waals surface area contributed by atoms with Crippen LogP contribution in [0.5, 0.6) is 5.75 Å². The molecule has 2 fully saturated rings. The molecule has 2 heterocycles. The molecule has 7 nitrogen and oxygen atoms in total. The Morgan fingerprint density at radius 2 is 1.65 bits per heavy atom. The smallest absolute Gasteiger partial charge is 0.454 e. The van der Waals surface area contributed by atoms with Crippen LogP contribution in [0.2, 0.25) is 0 Å². The van der Waals surface area contributed by atoms with Crippen LogP contribution in [0, 0.1) is 11.7 Å². The number of hydrogen-bond donors (Lipinski definition) is 2. The minimum Gasteiger partial charge on any atom is -0.493 e. The second-order valence-electron chi connectivity index (χ2n) is 10.1. The Balaban J connectivity index is 1.38. The van der Waals surface area contributed by atoms with E-state index in [9.17, 15) is 46.1 Å². The number of benzene rings is 2. The summed E-state index contributed by atoms with van der Waals surface area (Å²) in [7, 11) is 0. The number of alkyl halides is 5. The van der Waals surface area contributed by atoms with Crippen molar-refractivity contribution in [3.63, 3.8) is 0 Å². The number of aliphatic carboxylic acids is 1. The number of carboxylic acid groups (broad SMARTS) is 1. The lowest BCUT2D eigenvalue weighted by Crippen LogP contribution is -2.49. The molecule has 0 spiro atoms. The summed E-state index contributed by atoms with van der Waals surface area (Å²) in [6, 6.07) is 9.11. The average molecular weight is 575 g/mol. The van der Waals surface area contributed by atoms with Crippen molar-refractivity contribution in [1.82, 2.24) is 9.80 Å². The Labute approximate surface area is 225 Å². The lowest BCUT2D eigenvalue weighted by molar-refractivity contribution is -0.287. The van der Waals surface area contributed by atoms with Gasteiger partial charge in [0.05, 0.1) is 24.8 Å². The molecule has 2 aliphatic heterocycles. The first-order valence-corrected chi connectivity index (χ1v) is 12.7. The zero-order valence-electron chi connectivity index (χ0n) is 21.2. The van der Waals surface area contributed by atoms with Gasteiger partial charge in [-0.25, -0.2) is 9.18 Å². The van der Waals surface area contributed by atoms with Crippen LogP contribution >= 0.6 is 0 Å². The summed E-state index contributed by atoms with van der Waals surface area (Å²) in [5.41, 5.74) is 0.366. The van der Waals surface area contributed by atoms with Crippen LogP contribution in [0.1, 0.15) is 29.6 Å². The SMILES string of the molecule is O=C(O)[C@@H]1C[C@@H](O)CN1C(=O)c1c(F)cccc1-c1ccc(OCC2CCN(CC(F)(F)C(F)(F)F)CC2)cc1. The van der Waals surface area contributed by atoms with Crippen LogP contribution in [0.25, 0.3) is 11.1 Å². The van der Waals surface area contributed by atoms with E-state index in [0.29, 0.717) is 24.2 Å². The third-order valence-corrected chi connectivity index (χ3v) is 7.25. The van der Waals surface area contributed by atoms with Gasteiger partial charge in [-0.2, -0.15) is 22.0 Å². The van der Waals surface area contributed by atoms with Gasteiger partial charge in [0.1, 0.15) is 17.6 Å². The number of amides is 1. The molecule has 40 heavy (non-hydrogen) atoms. The number of piperidine rings is 1. The Bertz CT molecular complexity index is 1210. The topological polar surface area (TPSA) is 90.3 Å². The summed E-state index contributed by atoms with van der Waals surface area (Å²) >= 11 is 0. The molecule has 2 saturated heterocycles. The van der Waals surface area contributed by atoms with Gasteiger partial charge in [-0.3, -0.25) is 9.69 Å². The van der Waals surface area contributed by atoms with Crippen LogP contribution < -0.4 is 4.74 Å². The molecule has 2 atom stereocenters. The first kappa shape index (κ1) is 29.7. The van der Waals surface area contributed by atoms with Crippen molar-refractivity contribution in [3.05, 3.63) is 53.8 Å². The van der Waals surface area contributed by atoms with Crippen molar-refractivity contribution in [2.45, 2.75) is 43.5 Å². The van der Waals surface area contributed by atoms with Gasteiger partial charge in [-0.05, 0) is 61.2 Å². The van der Waals surface area contributed by atoms with Crippen molar-refractivity contribution < 1.29 is 50.9 Å². The standard InChI is InChI=1S/C27H28F6N2O5/c28-21-3-1-2-20(23(21)24(37)35-13-18(36)12-22(35)25(38)39)17-4-6-19(7-5-17)40-14-16-8-10-34(11-9-16)15-26(29,30)27(31,32)33/h1-7,16,18,22,36H,8-15H2,(H,38,39)/t18-,22+/m1/s1. The molecule has 2 aliphatic rings. The first-order valence-electron chi connectivity index (χ1n) is 12.7. The van der Waals surface area contributed by atoms with Crippen LogP contribution in [0.15, 0.2) is 42.5 Å².